The molecule has 1 N–H and O–H groups in total. The zero-order valence-corrected chi connectivity index (χ0v) is 25.0. The fraction of sp³-hybridized carbons (Fsp3) is 0.375. The van der Waals surface area contributed by atoms with E-state index < -0.39 is 28.5 Å². The van der Waals surface area contributed by atoms with Crippen LogP contribution in [-0.2, 0) is 32.6 Å². The first kappa shape index (κ1) is 30.9. The number of hydrogen-bond acceptors (Lipinski definition) is 4. The Balaban J connectivity index is 2.05. The van der Waals surface area contributed by atoms with Crippen LogP contribution in [0, 0.1) is 13.8 Å². The summed E-state index contributed by atoms with van der Waals surface area (Å²) in [6, 6.07) is 20.7. The van der Waals surface area contributed by atoms with Gasteiger partial charge in [0.05, 0.1) is 10.6 Å². The number of nitrogens with one attached hydrogen (secondary N) is 1. The van der Waals surface area contributed by atoms with Gasteiger partial charge in [0.25, 0.3) is 10.0 Å². The van der Waals surface area contributed by atoms with E-state index in [-0.39, 0.29) is 17.3 Å². The summed E-state index contributed by atoms with van der Waals surface area (Å²) in [4.78, 5) is 28.8. The highest BCUT2D eigenvalue weighted by atomic mass is 32.2. The van der Waals surface area contributed by atoms with Crippen molar-refractivity contribution < 1.29 is 18.0 Å². The summed E-state index contributed by atoms with van der Waals surface area (Å²) in [5.74, 6) is -0.722. The van der Waals surface area contributed by atoms with Gasteiger partial charge in [0.2, 0.25) is 11.8 Å². The van der Waals surface area contributed by atoms with Crippen LogP contribution >= 0.6 is 0 Å². The predicted molar refractivity (Wildman–Crippen MR) is 161 cm³/mol. The Morgan fingerprint density at radius 2 is 1.50 bits per heavy atom. The SMILES string of the molecule is CCCCNC(=O)[C@@H](C)N(Cc1ccccc1C)C(=O)CN(c1ccccc1CC)S(=O)(=O)c1ccc(C)cc1. The quantitative estimate of drug-likeness (QED) is 0.282. The third-order valence-corrected chi connectivity index (χ3v) is 8.90. The van der Waals surface area contributed by atoms with E-state index in [4.69, 9.17) is 0 Å². The first-order chi connectivity index (χ1) is 19.1. The van der Waals surface area contributed by atoms with Crippen molar-refractivity contribution in [3.63, 3.8) is 0 Å². The average molecular weight is 564 g/mol. The van der Waals surface area contributed by atoms with Gasteiger partial charge in [-0.2, -0.15) is 0 Å². The van der Waals surface area contributed by atoms with Crippen molar-refractivity contribution in [1.82, 2.24) is 10.2 Å². The van der Waals surface area contributed by atoms with Crippen molar-refractivity contribution >= 4 is 27.5 Å². The van der Waals surface area contributed by atoms with Gasteiger partial charge in [-0.25, -0.2) is 8.42 Å². The molecule has 0 saturated carbocycles. The number of anilines is 1. The number of carbonyl (C=O) groups is 2. The van der Waals surface area contributed by atoms with Crippen LogP contribution in [0.5, 0.6) is 0 Å². The van der Waals surface area contributed by atoms with Gasteiger partial charge in [0.1, 0.15) is 12.6 Å². The highest BCUT2D eigenvalue weighted by molar-refractivity contribution is 7.92. The van der Waals surface area contributed by atoms with E-state index in [2.05, 4.69) is 5.32 Å². The molecule has 3 aromatic carbocycles. The number of hydrogen-bond donors (Lipinski definition) is 1. The zero-order chi connectivity index (χ0) is 29.3. The highest BCUT2D eigenvalue weighted by Gasteiger charge is 2.33. The molecular formula is C32H41N3O4S. The molecule has 0 aliphatic heterocycles. The molecule has 0 heterocycles. The van der Waals surface area contributed by atoms with E-state index in [1.807, 2.05) is 64.1 Å². The summed E-state index contributed by atoms with van der Waals surface area (Å²) < 4.78 is 29.3. The number of carbonyl (C=O) groups excluding carboxylic acids is 2. The molecule has 0 bridgehead atoms. The van der Waals surface area contributed by atoms with Crippen LogP contribution in [0.2, 0.25) is 0 Å². The maximum atomic E-state index is 14.1. The molecule has 3 rings (SSSR count). The number of aryl methyl sites for hydroxylation is 3. The maximum absolute atomic E-state index is 14.1. The lowest BCUT2D eigenvalue weighted by molar-refractivity contribution is -0.139. The predicted octanol–water partition coefficient (Wildman–Crippen LogP) is 5.39. The van der Waals surface area contributed by atoms with Crippen LogP contribution < -0.4 is 9.62 Å². The monoisotopic (exact) mass is 563 g/mol. The lowest BCUT2D eigenvalue weighted by Crippen LogP contribution is -2.51. The Morgan fingerprint density at radius 3 is 2.12 bits per heavy atom. The number of amides is 2. The van der Waals surface area contributed by atoms with Gasteiger partial charge in [0.15, 0.2) is 0 Å². The van der Waals surface area contributed by atoms with Crippen LogP contribution in [0.1, 0.15) is 55.9 Å². The highest BCUT2D eigenvalue weighted by Crippen LogP contribution is 2.28. The molecule has 8 heteroatoms. The van der Waals surface area contributed by atoms with Crippen LogP contribution in [-0.4, -0.2) is 44.3 Å². The smallest absolute Gasteiger partial charge is 0.264 e. The van der Waals surface area contributed by atoms with Crippen molar-refractivity contribution in [3.8, 4) is 0 Å². The normalized spacial score (nSPS) is 12.0. The van der Waals surface area contributed by atoms with Crippen LogP contribution in [0.25, 0.3) is 0 Å². The minimum Gasteiger partial charge on any atom is -0.354 e. The largest absolute Gasteiger partial charge is 0.354 e. The first-order valence-electron chi connectivity index (χ1n) is 13.9. The van der Waals surface area contributed by atoms with Crippen molar-refractivity contribution in [2.75, 3.05) is 17.4 Å². The maximum Gasteiger partial charge on any atom is 0.264 e. The van der Waals surface area contributed by atoms with Crippen molar-refractivity contribution in [2.24, 2.45) is 0 Å². The second-order valence-corrected chi connectivity index (χ2v) is 11.9. The summed E-state index contributed by atoms with van der Waals surface area (Å²) >= 11 is 0. The van der Waals surface area contributed by atoms with E-state index in [1.165, 1.54) is 9.21 Å². The topological polar surface area (TPSA) is 86.8 Å². The van der Waals surface area contributed by atoms with E-state index in [0.29, 0.717) is 18.7 Å². The summed E-state index contributed by atoms with van der Waals surface area (Å²) in [6.07, 6.45) is 2.36. The Bertz CT molecular complexity index is 1400. The second-order valence-electron chi connectivity index (χ2n) is 10.1. The van der Waals surface area contributed by atoms with E-state index in [0.717, 1.165) is 35.1 Å². The molecule has 7 nitrogen and oxygen atoms in total. The Morgan fingerprint density at radius 1 is 0.875 bits per heavy atom. The summed E-state index contributed by atoms with van der Waals surface area (Å²) in [5.41, 5.74) is 4.07. The second kappa shape index (κ2) is 14.1. The van der Waals surface area contributed by atoms with Crippen LogP contribution in [0.4, 0.5) is 5.69 Å². The lowest BCUT2D eigenvalue weighted by Gasteiger charge is -2.33. The average Bonchev–Trinajstić information content (AvgIpc) is 2.95. The molecule has 0 saturated heterocycles. The molecule has 214 valence electrons. The van der Waals surface area contributed by atoms with Crippen LogP contribution in [0.3, 0.4) is 0 Å². The molecule has 0 spiro atoms. The minimum absolute atomic E-state index is 0.104. The van der Waals surface area contributed by atoms with Gasteiger partial charge < -0.3 is 10.2 Å². The molecule has 0 aromatic heterocycles. The standard InChI is InChI=1S/C32H41N3O4S/c1-6-8-21-33-32(37)26(5)34(22-28-15-10-9-13-25(28)4)31(36)23-35(30-16-12-11-14-27(30)7-2)40(38,39)29-19-17-24(3)18-20-29/h9-20,26H,6-8,21-23H2,1-5H3,(H,33,37)/t26-/m1/s1. The molecule has 0 radical (unpaired) electrons. The first-order valence-corrected chi connectivity index (χ1v) is 15.3. The van der Waals surface area contributed by atoms with E-state index >= 15 is 0 Å². The van der Waals surface area contributed by atoms with E-state index in [9.17, 15) is 18.0 Å². The van der Waals surface area contributed by atoms with Crippen molar-refractivity contribution in [1.29, 1.82) is 0 Å². The molecule has 0 fully saturated rings. The van der Waals surface area contributed by atoms with Gasteiger partial charge in [0, 0.05) is 13.1 Å². The number of unbranched alkanes of at least 4 members (excludes halogenated alkanes) is 1. The molecular weight excluding hydrogens is 522 g/mol. The molecule has 0 aliphatic rings. The number of sulfonamides is 1. The van der Waals surface area contributed by atoms with Gasteiger partial charge in [-0.05, 0) is 68.5 Å². The number of rotatable bonds is 13. The fourth-order valence-corrected chi connectivity index (χ4v) is 5.95. The summed E-state index contributed by atoms with van der Waals surface area (Å²) in [5, 5.41) is 2.92. The summed E-state index contributed by atoms with van der Waals surface area (Å²) in [6.45, 7) is 9.79. The van der Waals surface area contributed by atoms with Gasteiger partial charge in [-0.15, -0.1) is 0 Å². The number of nitrogens with zero attached hydrogens (tertiary/aromatic N) is 2. The zero-order valence-electron chi connectivity index (χ0n) is 24.2. The van der Waals surface area contributed by atoms with Crippen molar-refractivity contribution in [3.05, 3.63) is 95.1 Å². The number of benzene rings is 3. The third-order valence-electron chi connectivity index (χ3n) is 7.13. The Labute approximate surface area is 239 Å². The Kier molecular flexibility index (Phi) is 10.9. The third kappa shape index (κ3) is 7.50. The fourth-order valence-electron chi connectivity index (χ4n) is 4.49. The lowest BCUT2D eigenvalue weighted by atomic mass is 10.1. The molecule has 1 atom stereocenters. The van der Waals surface area contributed by atoms with E-state index in [1.54, 1.807) is 43.3 Å². The summed E-state index contributed by atoms with van der Waals surface area (Å²) in [7, 11) is -4.09. The van der Waals surface area contributed by atoms with Crippen LogP contribution in [0.15, 0.2) is 77.7 Å². The molecule has 3 aromatic rings. The van der Waals surface area contributed by atoms with Gasteiger partial charge >= 0.3 is 0 Å². The molecule has 0 unspecified atom stereocenters. The molecule has 2 amide bonds. The van der Waals surface area contributed by atoms with Gasteiger partial charge in [-0.3, -0.25) is 13.9 Å². The Hall–Kier alpha value is -3.65. The molecule has 40 heavy (non-hydrogen) atoms. The van der Waals surface area contributed by atoms with Gasteiger partial charge in [-0.1, -0.05) is 80.4 Å². The minimum atomic E-state index is -4.09. The number of para-hydroxylation sites is 1. The molecule has 0 aliphatic carbocycles. The van der Waals surface area contributed by atoms with Crippen molar-refractivity contribution in [2.45, 2.75) is 71.4 Å².